The van der Waals surface area contributed by atoms with E-state index in [0.717, 1.165) is 17.7 Å². The van der Waals surface area contributed by atoms with Crippen molar-refractivity contribution in [3.05, 3.63) is 83.6 Å². The van der Waals surface area contributed by atoms with Crippen molar-refractivity contribution in [2.75, 3.05) is 17.7 Å². The highest BCUT2D eigenvalue weighted by Crippen LogP contribution is 2.22. The van der Waals surface area contributed by atoms with E-state index in [1.807, 2.05) is 31.2 Å². The fourth-order valence-corrected chi connectivity index (χ4v) is 2.80. The van der Waals surface area contributed by atoms with Crippen LogP contribution < -0.4 is 10.6 Å². The SMILES string of the molecule is CCc1ccccc1NC(=O)c1ccnc(Nc2ccccc2C(=O)OC)c1. The van der Waals surface area contributed by atoms with Gasteiger partial charge in [-0.15, -0.1) is 0 Å². The van der Waals surface area contributed by atoms with E-state index in [1.165, 1.54) is 7.11 Å². The van der Waals surface area contributed by atoms with Crippen LogP contribution in [0.15, 0.2) is 66.9 Å². The van der Waals surface area contributed by atoms with E-state index in [-0.39, 0.29) is 5.91 Å². The number of methoxy groups -OCH3 is 1. The minimum absolute atomic E-state index is 0.229. The molecule has 1 aromatic heterocycles. The van der Waals surface area contributed by atoms with Gasteiger partial charge in [0.1, 0.15) is 5.82 Å². The molecule has 1 heterocycles. The first-order valence-corrected chi connectivity index (χ1v) is 8.92. The molecule has 3 rings (SSSR count). The first-order chi connectivity index (χ1) is 13.6. The van der Waals surface area contributed by atoms with Crippen LogP contribution in [0.25, 0.3) is 0 Å². The quantitative estimate of drug-likeness (QED) is 0.623. The smallest absolute Gasteiger partial charge is 0.339 e. The lowest BCUT2D eigenvalue weighted by Gasteiger charge is -2.12. The second-order valence-corrected chi connectivity index (χ2v) is 6.06. The van der Waals surface area contributed by atoms with Crippen LogP contribution in [0.4, 0.5) is 17.2 Å². The van der Waals surface area contributed by atoms with Crippen molar-refractivity contribution >= 4 is 29.1 Å². The van der Waals surface area contributed by atoms with Crippen LogP contribution in [0, 0.1) is 0 Å². The van der Waals surface area contributed by atoms with Gasteiger partial charge >= 0.3 is 5.97 Å². The van der Waals surface area contributed by atoms with E-state index < -0.39 is 5.97 Å². The number of carbonyl (C=O) groups excluding carboxylic acids is 2. The second-order valence-electron chi connectivity index (χ2n) is 6.06. The summed E-state index contributed by atoms with van der Waals surface area (Å²) in [6, 6.07) is 17.9. The summed E-state index contributed by atoms with van der Waals surface area (Å²) < 4.78 is 4.80. The highest BCUT2D eigenvalue weighted by Gasteiger charge is 2.13. The van der Waals surface area contributed by atoms with Crippen molar-refractivity contribution in [3.63, 3.8) is 0 Å². The molecule has 2 aromatic carbocycles. The van der Waals surface area contributed by atoms with Gasteiger partial charge in [-0.3, -0.25) is 4.79 Å². The number of anilines is 3. The van der Waals surface area contributed by atoms with E-state index in [2.05, 4.69) is 15.6 Å². The molecule has 0 aliphatic heterocycles. The fourth-order valence-electron chi connectivity index (χ4n) is 2.80. The molecule has 0 spiro atoms. The Morgan fingerprint density at radius 2 is 1.71 bits per heavy atom. The van der Waals surface area contributed by atoms with Gasteiger partial charge in [-0.1, -0.05) is 37.3 Å². The zero-order valence-corrected chi connectivity index (χ0v) is 15.7. The van der Waals surface area contributed by atoms with Gasteiger partial charge in [-0.2, -0.15) is 0 Å². The molecule has 0 aliphatic carbocycles. The van der Waals surface area contributed by atoms with Gasteiger partial charge < -0.3 is 15.4 Å². The normalized spacial score (nSPS) is 10.2. The van der Waals surface area contributed by atoms with E-state index in [9.17, 15) is 9.59 Å². The molecule has 0 aliphatic rings. The Bertz CT molecular complexity index is 1000. The van der Waals surface area contributed by atoms with Gasteiger partial charge in [0.2, 0.25) is 0 Å². The van der Waals surface area contributed by atoms with Crippen LogP contribution in [0.5, 0.6) is 0 Å². The standard InChI is InChI=1S/C22H21N3O3/c1-3-15-8-4-6-10-18(15)25-21(26)16-12-13-23-20(14-16)24-19-11-7-5-9-17(19)22(27)28-2/h4-14H,3H2,1-2H3,(H,23,24)(H,25,26). The molecule has 0 saturated carbocycles. The fraction of sp³-hybridized carbons (Fsp3) is 0.136. The molecule has 6 heteroatoms. The number of aromatic nitrogens is 1. The number of ether oxygens (including phenoxy) is 1. The number of nitrogens with zero attached hydrogens (tertiary/aromatic N) is 1. The summed E-state index contributed by atoms with van der Waals surface area (Å²) in [5.41, 5.74) is 3.25. The van der Waals surface area contributed by atoms with Crippen LogP contribution in [-0.4, -0.2) is 24.0 Å². The van der Waals surface area contributed by atoms with Crippen LogP contribution in [0.2, 0.25) is 0 Å². The number of hydrogen-bond acceptors (Lipinski definition) is 5. The van der Waals surface area contributed by atoms with Crippen LogP contribution in [0.1, 0.15) is 33.2 Å². The number of para-hydroxylation sites is 2. The van der Waals surface area contributed by atoms with E-state index in [4.69, 9.17) is 4.74 Å². The Hall–Kier alpha value is -3.67. The molecule has 2 N–H and O–H groups in total. The maximum atomic E-state index is 12.7. The molecule has 28 heavy (non-hydrogen) atoms. The number of pyridine rings is 1. The molecule has 142 valence electrons. The molecule has 6 nitrogen and oxygen atoms in total. The summed E-state index contributed by atoms with van der Waals surface area (Å²) in [7, 11) is 1.33. The Morgan fingerprint density at radius 1 is 1.00 bits per heavy atom. The predicted molar refractivity (Wildman–Crippen MR) is 109 cm³/mol. The number of benzene rings is 2. The van der Waals surface area contributed by atoms with E-state index in [1.54, 1.807) is 42.6 Å². The molecule has 0 atom stereocenters. The Balaban J connectivity index is 1.81. The molecular weight excluding hydrogens is 354 g/mol. The lowest BCUT2D eigenvalue weighted by Crippen LogP contribution is -2.14. The molecule has 0 saturated heterocycles. The summed E-state index contributed by atoms with van der Waals surface area (Å²) in [4.78, 5) is 28.8. The topological polar surface area (TPSA) is 80.3 Å². The van der Waals surface area contributed by atoms with Crippen LogP contribution in [0.3, 0.4) is 0 Å². The number of esters is 1. The molecule has 0 unspecified atom stereocenters. The largest absolute Gasteiger partial charge is 0.465 e. The van der Waals surface area contributed by atoms with Crippen molar-refractivity contribution < 1.29 is 14.3 Å². The summed E-state index contributed by atoms with van der Waals surface area (Å²) in [5.74, 6) is -0.228. The molecule has 3 aromatic rings. The minimum Gasteiger partial charge on any atom is -0.465 e. The molecule has 0 bridgehead atoms. The molecule has 0 fully saturated rings. The van der Waals surface area contributed by atoms with Gasteiger partial charge in [-0.25, -0.2) is 9.78 Å². The lowest BCUT2D eigenvalue weighted by molar-refractivity contribution is 0.0601. The van der Waals surface area contributed by atoms with Crippen LogP contribution >= 0.6 is 0 Å². The Labute approximate surface area is 163 Å². The second kappa shape index (κ2) is 8.81. The van der Waals surface area contributed by atoms with Gasteiger partial charge in [0.05, 0.1) is 18.4 Å². The summed E-state index contributed by atoms with van der Waals surface area (Å²) in [5, 5.41) is 6.02. The maximum Gasteiger partial charge on any atom is 0.339 e. The minimum atomic E-state index is -0.451. The van der Waals surface area contributed by atoms with Gasteiger partial charge in [0, 0.05) is 17.4 Å². The molecule has 0 radical (unpaired) electrons. The average Bonchev–Trinajstić information content (AvgIpc) is 2.74. The zero-order chi connectivity index (χ0) is 19.9. The predicted octanol–water partition coefficient (Wildman–Crippen LogP) is 4.43. The third-order valence-corrected chi connectivity index (χ3v) is 4.26. The summed E-state index contributed by atoms with van der Waals surface area (Å²) >= 11 is 0. The molecule has 1 amide bonds. The number of hydrogen-bond donors (Lipinski definition) is 2. The van der Waals surface area contributed by atoms with Crippen molar-refractivity contribution in [2.45, 2.75) is 13.3 Å². The number of rotatable bonds is 6. The van der Waals surface area contributed by atoms with Gasteiger partial charge in [-0.05, 0) is 42.3 Å². The first-order valence-electron chi connectivity index (χ1n) is 8.92. The van der Waals surface area contributed by atoms with Crippen molar-refractivity contribution in [1.29, 1.82) is 0 Å². The van der Waals surface area contributed by atoms with Crippen molar-refractivity contribution in [3.8, 4) is 0 Å². The summed E-state index contributed by atoms with van der Waals surface area (Å²) in [6.45, 7) is 2.04. The van der Waals surface area contributed by atoms with Gasteiger partial charge in [0.15, 0.2) is 0 Å². The monoisotopic (exact) mass is 375 g/mol. The van der Waals surface area contributed by atoms with Crippen molar-refractivity contribution in [1.82, 2.24) is 4.98 Å². The highest BCUT2D eigenvalue weighted by atomic mass is 16.5. The lowest BCUT2D eigenvalue weighted by atomic mass is 10.1. The van der Waals surface area contributed by atoms with E-state index >= 15 is 0 Å². The third-order valence-electron chi connectivity index (χ3n) is 4.26. The zero-order valence-electron chi connectivity index (χ0n) is 15.7. The number of amides is 1. The highest BCUT2D eigenvalue weighted by molar-refractivity contribution is 6.05. The number of aryl methyl sites for hydroxylation is 1. The van der Waals surface area contributed by atoms with E-state index in [0.29, 0.717) is 22.6 Å². The summed E-state index contributed by atoms with van der Waals surface area (Å²) in [6.07, 6.45) is 2.37. The Kier molecular flexibility index (Phi) is 6.01. The van der Waals surface area contributed by atoms with Gasteiger partial charge in [0.25, 0.3) is 5.91 Å². The van der Waals surface area contributed by atoms with Crippen LogP contribution in [-0.2, 0) is 11.2 Å². The number of nitrogens with one attached hydrogen (secondary N) is 2. The molecular formula is C22H21N3O3. The third kappa shape index (κ3) is 4.35. The first kappa shape index (κ1) is 19.1. The number of carbonyl (C=O) groups is 2. The Morgan fingerprint density at radius 3 is 2.46 bits per heavy atom. The maximum absolute atomic E-state index is 12.7. The van der Waals surface area contributed by atoms with Crippen molar-refractivity contribution in [2.24, 2.45) is 0 Å². The average molecular weight is 375 g/mol.